The van der Waals surface area contributed by atoms with Crippen LogP contribution in [0.4, 0.5) is 17.6 Å². The van der Waals surface area contributed by atoms with Gasteiger partial charge in [0.05, 0.1) is 24.1 Å². The van der Waals surface area contributed by atoms with Crippen molar-refractivity contribution in [3.05, 3.63) is 28.6 Å². The molecule has 2 unspecified atom stereocenters. The van der Waals surface area contributed by atoms with E-state index < -0.39 is 94.2 Å². The third-order valence-corrected chi connectivity index (χ3v) is 8.21. The van der Waals surface area contributed by atoms with E-state index in [-0.39, 0.29) is 43.4 Å². The Balaban J connectivity index is 1.69. The molecule has 0 saturated heterocycles. The number of halogens is 4. The van der Waals surface area contributed by atoms with Crippen molar-refractivity contribution in [2.75, 3.05) is 27.2 Å². The van der Waals surface area contributed by atoms with Crippen LogP contribution < -0.4 is 11.1 Å². The van der Waals surface area contributed by atoms with Gasteiger partial charge in [0.25, 0.3) is 0 Å². The molecule has 4 rings (SSSR count). The highest BCUT2D eigenvalue weighted by Gasteiger charge is 2.69. The van der Waals surface area contributed by atoms with Gasteiger partial charge in [0.2, 0.25) is 5.91 Å². The molecule has 0 heterocycles. The van der Waals surface area contributed by atoms with Crippen molar-refractivity contribution in [1.29, 1.82) is 0 Å². The number of likely N-dealkylation sites (N-methyl/N-ethyl adjacent to an activating group) is 1. The number of phenolic OH excluding ortho intramolecular Hbond substituents is 1. The Morgan fingerprint density at radius 3 is 2.42 bits per heavy atom. The predicted molar refractivity (Wildman–Crippen MR) is 129 cm³/mol. The van der Waals surface area contributed by atoms with Crippen molar-refractivity contribution in [3.63, 3.8) is 0 Å². The molecule has 3 aliphatic carbocycles. The van der Waals surface area contributed by atoms with E-state index in [1.54, 1.807) is 0 Å². The zero-order chi connectivity index (χ0) is 29.9. The highest BCUT2D eigenvalue weighted by Crippen LogP contribution is 2.51. The number of fused-ring (bicyclic) bond motifs is 3. The molecule has 3 aliphatic rings. The molecule has 2 saturated carbocycles. The summed E-state index contributed by atoms with van der Waals surface area (Å²) in [6, 6.07) is -0.284. The quantitative estimate of drug-likeness (QED) is 0.202. The van der Waals surface area contributed by atoms with Crippen LogP contribution in [0.3, 0.4) is 0 Å². The van der Waals surface area contributed by atoms with E-state index in [0.717, 1.165) is 6.07 Å². The minimum atomic E-state index is -4.42. The van der Waals surface area contributed by atoms with Crippen molar-refractivity contribution < 1.29 is 51.7 Å². The van der Waals surface area contributed by atoms with Crippen LogP contribution in [0.15, 0.2) is 6.07 Å². The number of nitrogens with zero attached hydrogens (tertiary/aromatic N) is 1. The summed E-state index contributed by atoms with van der Waals surface area (Å²) >= 11 is 0. The maximum absolute atomic E-state index is 15.2. The smallest absolute Gasteiger partial charge is 0.401 e. The standard InChI is InChI=1S/C26H29F4N3O7/c1-33(2)18-13-7-11-6-12-14(27)8-10(4-3-5-32-9-25(28,29)30)19(34)16(12)20(35)15(11)22(37)26(13,40)23(38)17(21(18)36)24(31)39/h8,11,13,15,17-18,32,34,40H,3-7,9H2,1-2H3,(H2,31,39)/t11-,13-,15?,17?,18-,26-/m0/s1. The third-order valence-electron chi connectivity index (χ3n) is 8.21. The van der Waals surface area contributed by atoms with Crippen LogP contribution in [0, 0.1) is 29.5 Å². The number of Topliss-reactive ketones (excluding diaryl/α,β-unsaturated/α-hetero) is 4. The molecule has 1 aromatic rings. The number of carbonyl (C=O) groups is 5. The topological polar surface area (TPSA) is 167 Å². The zero-order valence-corrected chi connectivity index (χ0v) is 21.7. The summed E-state index contributed by atoms with van der Waals surface area (Å²) < 4.78 is 52.2. The van der Waals surface area contributed by atoms with Crippen LogP contribution >= 0.6 is 0 Å². The van der Waals surface area contributed by atoms with Gasteiger partial charge in [-0.05, 0) is 63.9 Å². The number of nitrogens with two attached hydrogens (primary N) is 1. The maximum atomic E-state index is 15.2. The lowest BCUT2D eigenvalue weighted by Gasteiger charge is -2.52. The fraction of sp³-hybridized carbons (Fsp3) is 0.577. The molecule has 0 radical (unpaired) electrons. The summed E-state index contributed by atoms with van der Waals surface area (Å²) in [4.78, 5) is 67.0. The molecular weight excluding hydrogens is 542 g/mol. The van der Waals surface area contributed by atoms with Gasteiger partial charge in [-0.15, -0.1) is 0 Å². The van der Waals surface area contributed by atoms with E-state index in [9.17, 15) is 47.4 Å². The van der Waals surface area contributed by atoms with Gasteiger partial charge < -0.3 is 21.3 Å². The molecule has 0 aromatic heterocycles. The fourth-order valence-corrected chi connectivity index (χ4v) is 6.50. The van der Waals surface area contributed by atoms with Gasteiger partial charge in [0, 0.05) is 11.5 Å². The van der Waals surface area contributed by atoms with Crippen molar-refractivity contribution in [2.24, 2.45) is 29.4 Å². The zero-order valence-electron chi connectivity index (χ0n) is 21.7. The predicted octanol–water partition coefficient (Wildman–Crippen LogP) is 0.0906. The second-order valence-electron chi connectivity index (χ2n) is 10.9. The Labute approximate surface area is 225 Å². The Kier molecular flexibility index (Phi) is 7.67. The SMILES string of the molecule is CN(C)[C@@H]1C(=O)C(C(N)=O)C(=O)[C@@]2(O)C(=O)C3C(=O)c4c(O)c(CCCNCC(F)(F)F)cc(F)c4C[C@H]3C[C@@H]12. The molecule has 2 fully saturated rings. The van der Waals surface area contributed by atoms with Crippen molar-refractivity contribution in [1.82, 2.24) is 10.2 Å². The second-order valence-corrected chi connectivity index (χ2v) is 10.9. The third kappa shape index (κ3) is 4.71. The van der Waals surface area contributed by atoms with Crippen LogP contribution in [0.25, 0.3) is 0 Å². The first kappa shape index (κ1) is 29.7. The number of alkyl halides is 3. The van der Waals surface area contributed by atoms with Crippen LogP contribution in [0.5, 0.6) is 5.75 Å². The summed E-state index contributed by atoms with van der Waals surface area (Å²) in [6.07, 6.45) is -4.88. The summed E-state index contributed by atoms with van der Waals surface area (Å²) in [5.74, 6) is -13.4. The first-order valence-corrected chi connectivity index (χ1v) is 12.7. The molecule has 1 amide bonds. The van der Waals surface area contributed by atoms with Crippen molar-refractivity contribution in [2.45, 2.75) is 43.5 Å². The minimum absolute atomic E-state index is 0.0579. The van der Waals surface area contributed by atoms with Gasteiger partial charge in [-0.2, -0.15) is 13.2 Å². The second kappa shape index (κ2) is 10.3. The van der Waals surface area contributed by atoms with E-state index in [4.69, 9.17) is 5.73 Å². The van der Waals surface area contributed by atoms with E-state index >= 15 is 4.39 Å². The number of amides is 1. The van der Waals surface area contributed by atoms with Crippen LogP contribution in [0.2, 0.25) is 0 Å². The number of benzene rings is 1. The molecule has 14 heteroatoms. The normalized spacial score (nSPS) is 30.2. The van der Waals surface area contributed by atoms with E-state index in [2.05, 4.69) is 5.32 Å². The molecule has 40 heavy (non-hydrogen) atoms. The lowest BCUT2D eigenvalue weighted by atomic mass is 9.52. The van der Waals surface area contributed by atoms with Gasteiger partial charge in [0.15, 0.2) is 34.7 Å². The summed E-state index contributed by atoms with van der Waals surface area (Å²) in [5, 5.41) is 24.6. The average Bonchev–Trinajstić information content (AvgIpc) is 2.82. The largest absolute Gasteiger partial charge is 0.507 e. The number of nitrogens with one attached hydrogen (secondary N) is 1. The lowest BCUT2D eigenvalue weighted by molar-refractivity contribution is -0.181. The number of phenols is 1. The number of aliphatic hydroxyl groups is 1. The number of hydrogen-bond acceptors (Lipinski definition) is 9. The monoisotopic (exact) mass is 571 g/mol. The van der Waals surface area contributed by atoms with E-state index in [1.165, 1.54) is 19.0 Å². The molecule has 218 valence electrons. The maximum Gasteiger partial charge on any atom is 0.401 e. The number of primary amides is 1. The van der Waals surface area contributed by atoms with Gasteiger partial charge in [0.1, 0.15) is 11.6 Å². The molecule has 0 spiro atoms. The molecule has 5 N–H and O–H groups in total. The van der Waals surface area contributed by atoms with Crippen molar-refractivity contribution in [3.8, 4) is 5.75 Å². The molecular formula is C26H29F4N3O7. The van der Waals surface area contributed by atoms with Crippen LogP contribution in [-0.4, -0.2) is 89.2 Å². The van der Waals surface area contributed by atoms with E-state index in [1.807, 2.05) is 0 Å². The fourth-order valence-electron chi connectivity index (χ4n) is 6.50. The van der Waals surface area contributed by atoms with Gasteiger partial charge in [-0.1, -0.05) is 0 Å². The van der Waals surface area contributed by atoms with E-state index in [0.29, 0.717) is 0 Å². The Hall–Kier alpha value is -3.23. The lowest BCUT2D eigenvalue weighted by Crippen LogP contribution is -2.74. The number of ketones is 4. The molecule has 1 aromatic carbocycles. The summed E-state index contributed by atoms with van der Waals surface area (Å²) in [5.41, 5.74) is 1.64. The Morgan fingerprint density at radius 1 is 1.20 bits per heavy atom. The van der Waals surface area contributed by atoms with Gasteiger partial charge in [-0.3, -0.25) is 28.9 Å². The first-order chi connectivity index (χ1) is 18.5. The number of carbonyl (C=O) groups excluding carboxylic acids is 5. The van der Waals surface area contributed by atoms with Crippen LogP contribution in [-0.2, 0) is 32.0 Å². The Bertz CT molecular complexity index is 1300. The minimum Gasteiger partial charge on any atom is -0.507 e. The average molecular weight is 572 g/mol. The van der Waals surface area contributed by atoms with Gasteiger partial charge in [-0.25, -0.2) is 4.39 Å². The summed E-state index contributed by atoms with van der Waals surface area (Å²) in [6.45, 7) is -1.35. The highest BCUT2D eigenvalue weighted by molar-refractivity contribution is 6.32. The molecule has 10 nitrogen and oxygen atoms in total. The Morgan fingerprint density at radius 2 is 1.85 bits per heavy atom. The van der Waals surface area contributed by atoms with Crippen LogP contribution in [0.1, 0.15) is 34.3 Å². The molecule has 0 aliphatic heterocycles. The molecule has 0 bridgehead atoms. The molecule has 6 atom stereocenters. The first-order valence-electron chi connectivity index (χ1n) is 12.7. The number of aromatic hydroxyl groups is 1. The van der Waals surface area contributed by atoms with Gasteiger partial charge >= 0.3 is 6.18 Å². The number of aryl methyl sites for hydroxylation is 1. The highest BCUT2D eigenvalue weighted by atomic mass is 19.4. The number of hydrogen-bond donors (Lipinski definition) is 4. The summed E-state index contributed by atoms with van der Waals surface area (Å²) in [7, 11) is 2.90. The van der Waals surface area contributed by atoms with Crippen molar-refractivity contribution >= 4 is 29.0 Å². The number of rotatable bonds is 7.